The minimum Gasteiger partial charge on any atom is -0.480 e. The molecule has 1 unspecified atom stereocenters. The Kier molecular flexibility index (Phi) is 3.23. The number of carboxylic acids is 1. The van der Waals surface area contributed by atoms with E-state index >= 15 is 0 Å². The zero-order chi connectivity index (χ0) is 12.3. The predicted molar refractivity (Wildman–Crippen MR) is 67.1 cm³/mol. The van der Waals surface area contributed by atoms with Gasteiger partial charge in [0, 0.05) is 5.39 Å². The molecule has 2 rings (SSSR count). The van der Waals surface area contributed by atoms with Crippen molar-refractivity contribution >= 4 is 22.6 Å². The molecule has 4 heteroatoms. The Balaban J connectivity index is 2.27. The molecule has 0 aliphatic carbocycles. The average Bonchev–Trinajstić information content (AvgIpc) is 2.35. The van der Waals surface area contributed by atoms with Crippen LogP contribution in [0.2, 0.25) is 0 Å². The first-order valence-electron chi connectivity index (χ1n) is 5.55. The van der Waals surface area contributed by atoms with Gasteiger partial charge < -0.3 is 10.4 Å². The van der Waals surface area contributed by atoms with Gasteiger partial charge in [0.2, 0.25) is 0 Å². The number of aliphatic carboxylic acids is 1. The number of hydrogen-bond acceptors (Lipinski definition) is 3. The van der Waals surface area contributed by atoms with Crippen molar-refractivity contribution in [3.8, 4) is 0 Å². The standard InChI is InChI=1S/C13H14N2O2/c1-2-11(13(16)17)15-10-7-9-5-3-4-6-12(9)14-8-10/h3-8,11,15H,2H2,1H3,(H,16,17). The van der Waals surface area contributed by atoms with E-state index in [1.165, 1.54) is 0 Å². The van der Waals surface area contributed by atoms with Crippen LogP contribution in [0.15, 0.2) is 36.5 Å². The first-order chi connectivity index (χ1) is 8.20. The number of rotatable bonds is 4. The molecule has 1 atom stereocenters. The lowest BCUT2D eigenvalue weighted by molar-refractivity contribution is -0.137. The SMILES string of the molecule is CCC(Nc1cnc2ccccc2c1)C(=O)O. The quantitative estimate of drug-likeness (QED) is 0.847. The van der Waals surface area contributed by atoms with E-state index in [-0.39, 0.29) is 0 Å². The monoisotopic (exact) mass is 230 g/mol. The van der Waals surface area contributed by atoms with E-state index in [1.54, 1.807) is 6.20 Å². The van der Waals surface area contributed by atoms with Crippen LogP contribution in [0.3, 0.4) is 0 Å². The fourth-order valence-electron chi connectivity index (χ4n) is 1.69. The highest BCUT2D eigenvalue weighted by Crippen LogP contribution is 2.17. The van der Waals surface area contributed by atoms with Gasteiger partial charge in [-0.25, -0.2) is 4.79 Å². The van der Waals surface area contributed by atoms with Gasteiger partial charge in [0.1, 0.15) is 6.04 Å². The van der Waals surface area contributed by atoms with E-state index < -0.39 is 12.0 Å². The summed E-state index contributed by atoms with van der Waals surface area (Å²) in [6.07, 6.45) is 2.19. The smallest absolute Gasteiger partial charge is 0.326 e. The van der Waals surface area contributed by atoms with Crippen molar-refractivity contribution in [2.45, 2.75) is 19.4 Å². The number of carboxylic acid groups (broad SMARTS) is 1. The lowest BCUT2D eigenvalue weighted by Crippen LogP contribution is -2.28. The highest BCUT2D eigenvalue weighted by molar-refractivity contribution is 5.83. The number of anilines is 1. The average molecular weight is 230 g/mol. The molecule has 0 aliphatic heterocycles. The highest BCUT2D eigenvalue weighted by Gasteiger charge is 2.14. The normalized spacial score (nSPS) is 12.3. The number of pyridine rings is 1. The maximum absolute atomic E-state index is 10.9. The van der Waals surface area contributed by atoms with Gasteiger partial charge >= 0.3 is 5.97 Å². The number of carbonyl (C=O) groups is 1. The Hall–Kier alpha value is -2.10. The third kappa shape index (κ3) is 2.53. The van der Waals surface area contributed by atoms with Crippen LogP contribution in [-0.4, -0.2) is 22.1 Å². The first kappa shape index (κ1) is 11.4. The van der Waals surface area contributed by atoms with Crippen LogP contribution in [-0.2, 0) is 4.79 Å². The highest BCUT2D eigenvalue weighted by atomic mass is 16.4. The van der Waals surface area contributed by atoms with Crippen LogP contribution in [0.5, 0.6) is 0 Å². The van der Waals surface area contributed by atoms with Crippen LogP contribution in [0.4, 0.5) is 5.69 Å². The second-order valence-electron chi connectivity index (χ2n) is 3.86. The summed E-state index contributed by atoms with van der Waals surface area (Å²) in [6, 6.07) is 9.08. The molecule has 4 nitrogen and oxygen atoms in total. The van der Waals surface area contributed by atoms with Crippen LogP contribution < -0.4 is 5.32 Å². The second-order valence-corrected chi connectivity index (χ2v) is 3.86. The van der Waals surface area contributed by atoms with E-state index in [1.807, 2.05) is 37.3 Å². The Morgan fingerprint density at radius 3 is 2.94 bits per heavy atom. The molecule has 0 spiro atoms. The van der Waals surface area contributed by atoms with E-state index in [2.05, 4.69) is 10.3 Å². The predicted octanol–water partition coefficient (Wildman–Crippen LogP) is 2.51. The number of para-hydroxylation sites is 1. The lowest BCUT2D eigenvalue weighted by Gasteiger charge is -2.13. The maximum atomic E-state index is 10.9. The molecular weight excluding hydrogens is 216 g/mol. The van der Waals surface area contributed by atoms with Crippen molar-refractivity contribution in [1.82, 2.24) is 4.98 Å². The van der Waals surface area contributed by atoms with Crippen molar-refractivity contribution in [2.75, 3.05) is 5.32 Å². The largest absolute Gasteiger partial charge is 0.480 e. The van der Waals surface area contributed by atoms with Gasteiger partial charge in [-0.05, 0) is 18.6 Å². The summed E-state index contributed by atoms with van der Waals surface area (Å²) < 4.78 is 0. The van der Waals surface area contributed by atoms with Gasteiger partial charge in [0.05, 0.1) is 17.4 Å². The lowest BCUT2D eigenvalue weighted by atomic mass is 10.2. The number of nitrogens with one attached hydrogen (secondary N) is 1. The molecule has 0 aliphatic rings. The van der Waals surface area contributed by atoms with E-state index in [4.69, 9.17) is 5.11 Å². The Morgan fingerprint density at radius 2 is 2.24 bits per heavy atom. The molecule has 0 saturated heterocycles. The molecule has 2 aromatic rings. The summed E-state index contributed by atoms with van der Waals surface area (Å²) in [5.74, 6) is -0.847. The third-order valence-corrected chi connectivity index (χ3v) is 2.64. The summed E-state index contributed by atoms with van der Waals surface area (Å²) in [6.45, 7) is 1.83. The number of aromatic nitrogens is 1. The van der Waals surface area contributed by atoms with Crippen molar-refractivity contribution in [3.05, 3.63) is 36.5 Å². The molecule has 2 N–H and O–H groups in total. The molecule has 17 heavy (non-hydrogen) atoms. The van der Waals surface area contributed by atoms with Gasteiger partial charge in [-0.1, -0.05) is 25.1 Å². The molecule has 0 radical (unpaired) electrons. The van der Waals surface area contributed by atoms with Gasteiger partial charge in [-0.15, -0.1) is 0 Å². The number of benzene rings is 1. The van der Waals surface area contributed by atoms with Gasteiger partial charge in [0.25, 0.3) is 0 Å². The molecule has 0 bridgehead atoms. The molecule has 0 amide bonds. The topological polar surface area (TPSA) is 62.2 Å². The summed E-state index contributed by atoms with van der Waals surface area (Å²) in [5.41, 5.74) is 1.64. The van der Waals surface area contributed by atoms with E-state index in [0.29, 0.717) is 6.42 Å². The van der Waals surface area contributed by atoms with Crippen molar-refractivity contribution in [2.24, 2.45) is 0 Å². The van der Waals surface area contributed by atoms with Crippen molar-refractivity contribution < 1.29 is 9.90 Å². The summed E-state index contributed by atoms with van der Waals surface area (Å²) in [4.78, 5) is 15.2. The molecule has 1 heterocycles. The Morgan fingerprint density at radius 1 is 1.47 bits per heavy atom. The van der Waals surface area contributed by atoms with Crippen molar-refractivity contribution in [3.63, 3.8) is 0 Å². The van der Waals surface area contributed by atoms with Crippen molar-refractivity contribution in [1.29, 1.82) is 0 Å². The number of hydrogen-bond donors (Lipinski definition) is 2. The Bertz CT molecular complexity index is 540. The Labute approximate surface area is 99.3 Å². The van der Waals surface area contributed by atoms with Crippen LogP contribution in [0.1, 0.15) is 13.3 Å². The minimum atomic E-state index is -0.847. The maximum Gasteiger partial charge on any atom is 0.326 e. The van der Waals surface area contributed by atoms with Gasteiger partial charge in [-0.2, -0.15) is 0 Å². The molecule has 1 aromatic carbocycles. The zero-order valence-corrected chi connectivity index (χ0v) is 9.55. The van der Waals surface area contributed by atoms with Gasteiger partial charge in [0.15, 0.2) is 0 Å². The fraction of sp³-hybridized carbons (Fsp3) is 0.231. The van der Waals surface area contributed by atoms with Crippen LogP contribution in [0.25, 0.3) is 10.9 Å². The van der Waals surface area contributed by atoms with E-state index in [9.17, 15) is 4.79 Å². The molecule has 88 valence electrons. The molecule has 0 saturated carbocycles. The fourth-order valence-corrected chi connectivity index (χ4v) is 1.69. The third-order valence-electron chi connectivity index (χ3n) is 2.64. The van der Waals surface area contributed by atoms with E-state index in [0.717, 1.165) is 16.6 Å². The number of nitrogens with zero attached hydrogens (tertiary/aromatic N) is 1. The number of fused-ring (bicyclic) bond motifs is 1. The zero-order valence-electron chi connectivity index (χ0n) is 9.55. The minimum absolute atomic E-state index is 0.530. The summed E-state index contributed by atoms with van der Waals surface area (Å²) >= 11 is 0. The molecule has 0 fully saturated rings. The summed E-state index contributed by atoms with van der Waals surface area (Å²) in [5, 5.41) is 12.9. The van der Waals surface area contributed by atoms with Crippen LogP contribution in [0, 0.1) is 0 Å². The molecule has 1 aromatic heterocycles. The van der Waals surface area contributed by atoms with Crippen LogP contribution >= 0.6 is 0 Å². The van der Waals surface area contributed by atoms with Gasteiger partial charge in [-0.3, -0.25) is 4.98 Å². The summed E-state index contributed by atoms with van der Waals surface area (Å²) in [7, 11) is 0. The first-order valence-corrected chi connectivity index (χ1v) is 5.55. The second kappa shape index (κ2) is 4.82. The molecular formula is C13H14N2O2.